The maximum Gasteiger partial charge on any atom is 0.330 e. The molecule has 0 spiro atoms. The maximum atomic E-state index is 11.3. The number of carboxylic acids is 1. The SMILES string of the molecule is NCC(=O)N[C@]1(C(=O)O)C[C@H]2C=C[C@@H]1C2. The van der Waals surface area contributed by atoms with E-state index >= 15 is 0 Å². The molecule has 1 saturated carbocycles. The van der Waals surface area contributed by atoms with Crippen molar-refractivity contribution >= 4 is 11.9 Å². The van der Waals surface area contributed by atoms with Gasteiger partial charge in [-0.2, -0.15) is 0 Å². The van der Waals surface area contributed by atoms with Gasteiger partial charge in [-0.1, -0.05) is 12.2 Å². The second-order valence-electron chi connectivity index (χ2n) is 4.22. The van der Waals surface area contributed by atoms with Crippen LogP contribution in [0.15, 0.2) is 12.2 Å². The van der Waals surface area contributed by atoms with Gasteiger partial charge in [-0.3, -0.25) is 4.79 Å². The minimum Gasteiger partial charge on any atom is -0.479 e. The molecule has 1 amide bonds. The summed E-state index contributed by atoms with van der Waals surface area (Å²) in [5.74, 6) is -1.17. The number of aliphatic carboxylic acids is 1. The van der Waals surface area contributed by atoms with Crippen molar-refractivity contribution in [3.8, 4) is 0 Å². The van der Waals surface area contributed by atoms with Gasteiger partial charge in [-0.05, 0) is 18.8 Å². The van der Waals surface area contributed by atoms with Crippen molar-refractivity contribution in [2.24, 2.45) is 17.6 Å². The monoisotopic (exact) mass is 210 g/mol. The Morgan fingerprint density at radius 1 is 1.53 bits per heavy atom. The van der Waals surface area contributed by atoms with Crippen molar-refractivity contribution in [1.82, 2.24) is 5.32 Å². The van der Waals surface area contributed by atoms with Crippen LogP contribution in [-0.4, -0.2) is 29.1 Å². The average molecular weight is 210 g/mol. The molecule has 0 radical (unpaired) electrons. The normalized spacial score (nSPS) is 36.9. The molecule has 0 unspecified atom stereocenters. The van der Waals surface area contributed by atoms with E-state index in [4.69, 9.17) is 5.73 Å². The van der Waals surface area contributed by atoms with Crippen molar-refractivity contribution in [2.45, 2.75) is 18.4 Å². The van der Waals surface area contributed by atoms with Crippen LogP contribution in [0.2, 0.25) is 0 Å². The lowest BCUT2D eigenvalue weighted by molar-refractivity contribution is -0.148. The molecular formula is C10H14N2O3. The number of amides is 1. The van der Waals surface area contributed by atoms with Gasteiger partial charge in [0.15, 0.2) is 0 Å². The fourth-order valence-corrected chi connectivity index (χ4v) is 2.60. The highest BCUT2D eigenvalue weighted by Gasteiger charge is 2.54. The van der Waals surface area contributed by atoms with Crippen molar-refractivity contribution < 1.29 is 14.7 Å². The summed E-state index contributed by atoms with van der Waals surface area (Å²) in [4.78, 5) is 22.5. The van der Waals surface area contributed by atoms with Gasteiger partial charge in [-0.25, -0.2) is 4.79 Å². The number of hydrogen-bond acceptors (Lipinski definition) is 3. The Labute approximate surface area is 87.3 Å². The summed E-state index contributed by atoms with van der Waals surface area (Å²) >= 11 is 0. The molecule has 2 aliphatic rings. The molecule has 2 aliphatic carbocycles. The number of rotatable bonds is 3. The Bertz CT molecular complexity index is 340. The van der Waals surface area contributed by atoms with Crippen LogP contribution in [0.4, 0.5) is 0 Å². The number of nitrogens with two attached hydrogens (primary N) is 1. The third kappa shape index (κ3) is 1.43. The molecule has 15 heavy (non-hydrogen) atoms. The first-order valence-electron chi connectivity index (χ1n) is 5.01. The van der Waals surface area contributed by atoms with E-state index in [1.165, 1.54) is 0 Å². The largest absolute Gasteiger partial charge is 0.479 e. The first kappa shape index (κ1) is 10.2. The molecule has 0 saturated heterocycles. The molecule has 2 bridgehead atoms. The number of fused-ring (bicyclic) bond motifs is 2. The number of carbonyl (C=O) groups is 2. The Morgan fingerprint density at radius 2 is 2.27 bits per heavy atom. The van der Waals surface area contributed by atoms with E-state index in [0.29, 0.717) is 6.42 Å². The third-order valence-corrected chi connectivity index (χ3v) is 3.32. The molecule has 5 nitrogen and oxygen atoms in total. The number of carboxylic acid groups (broad SMARTS) is 1. The number of nitrogens with one attached hydrogen (secondary N) is 1. The standard InChI is InChI=1S/C10H14N2O3/c11-5-8(13)12-10(9(14)15)4-6-1-2-7(10)3-6/h1-2,6-7H,3-5,11H2,(H,12,13)(H,14,15)/t6-,7+,10+/m0/s1. The molecule has 0 aromatic carbocycles. The van der Waals surface area contributed by atoms with Crippen molar-refractivity contribution in [3.63, 3.8) is 0 Å². The summed E-state index contributed by atoms with van der Waals surface area (Å²) in [6.45, 7) is -0.171. The molecule has 0 aliphatic heterocycles. The van der Waals surface area contributed by atoms with Crippen LogP contribution in [0, 0.1) is 11.8 Å². The summed E-state index contributed by atoms with van der Waals surface area (Å²) in [6.07, 6.45) is 5.21. The van der Waals surface area contributed by atoms with Crippen LogP contribution >= 0.6 is 0 Å². The molecular weight excluding hydrogens is 196 g/mol. The zero-order valence-electron chi connectivity index (χ0n) is 8.27. The van der Waals surface area contributed by atoms with E-state index in [0.717, 1.165) is 6.42 Å². The molecule has 2 rings (SSSR count). The van der Waals surface area contributed by atoms with Crippen molar-refractivity contribution in [3.05, 3.63) is 12.2 Å². The van der Waals surface area contributed by atoms with E-state index in [1.807, 2.05) is 12.2 Å². The van der Waals surface area contributed by atoms with Crippen LogP contribution in [0.3, 0.4) is 0 Å². The molecule has 0 aromatic rings. The molecule has 4 N–H and O–H groups in total. The Hall–Kier alpha value is -1.36. The Balaban J connectivity index is 2.23. The van der Waals surface area contributed by atoms with Crippen LogP contribution in [0.1, 0.15) is 12.8 Å². The Morgan fingerprint density at radius 3 is 2.67 bits per heavy atom. The molecule has 0 aromatic heterocycles. The van der Waals surface area contributed by atoms with Gasteiger partial charge >= 0.3 is 5.97 Å². The molecule has 82 valence electrons. The van der Waals surface area contributed by atoms with Crippen LogP contribution in [0.5, 0.6) is 0 Å². The topological polar surface area (TPSA) is 92.4 Å². The lowest BCUT2D eigenvalue weighted by Crippen LogP contribution is -2.58. The minimum atomic E-state index is -1.12. The van der Waals surface area contributed by atoms with Gasteiger partial charge in [-0.15, -0.1) is 0 Å². The quantitative estimate of drug-likeness (QED) is 0.546. The third-order valence-electron chi connectivity index (χ3n) is 3.32. The van der Waals surface area contributed by atoms with Crippen molar-refractivity contribution in [1.29, 1.82) is 0 Å². The van der Waals surface area contributed by atoms with E-state index in [1.54, 1.807) is 0 Å². The summed E-state index contributed by atoms with van der Waals surface area (Å²) in [5, 5.41) is 11.8. The van der Waals surface area contributed by atoms with Gasteiger partial charge in [0, 0.05) is 5.92 Å². The van der Waals surface area contributed by atoms with Crippen molar-refractivity contribution in [2.75, 3.05) is 6.54 Å². The smallest absolute Gasteiger partial charge is 0.330 e. The summed E-state index contributed by atoms with van der Waals surface area (Å²) in [7, 11) is 0. The minimum absolute atomic E-state index is 0.0875. The van der Waals surface area contributed by atoms with Gasteiger partial charge < -0.3 is 16.2 Å². The van der Waals surface area contributed by atoms with E-state index < -0.39 is 17.4 Å². The summed E-state index contributed by atoms with van der Waals surface area (Å²) in [5.41, 5.74) is 4.07. The maximum absolute atomic E-state index is 11.3. The second-order valence-corrected chi connectivity index (χ2v) is 4.22. The van der Waals surface area contributed by atoms with Gasteiger partial charge in [0.1, 0.15) is 5.54 Å². The van der Waals surface area contributed by atoms with E-state index in [2.05, 4.69) is 5.32 Å². The highest BCUT2D eigenvalue weighted by atomic mass is 16.4. The van der Waals surface area contributed by atoms with Crippen LogP contribution in [0.25, 0.3) is 0 Å². The lowest BCUT2D eigenvalue weighted by Gasteiger charge is -2.31. The van der Waals surface area contributed by atoms with Crippen LogP contribution in [-0.2, 0) is 9.59 Å². The predicted molar refractivity (Wildman–Crippen MR) is 52.9 cm³/mol. The zero-order chi connectivity index (χ0) is 11.1. The molecule has 1 fully saturated rings. The number of carbonyl (C=O) groups excluding carboxylic acids is 1. The molecule has 5 heteroatoms. The van der Waals surface area contributed by atoms with Crippen LogP contribution < -0.4 is 11.1 Å². The first-order chi connectivity index (χ1) is 7.08. The predicted octanol–water partition coefficient (Wildman–Crippen LogP) is -0.519. The van der Waals surface area contributed by atoms with Gasteiger partial charge in [0.25, 0.3) is 0 Å². The second kappa shape index (κ2) is 3.34. The molecule has 3 atom stereocenters. The number of allylic oxidation sites excluding steroid dienone is 1. The summed E-state index contributed by atoms with van der Waals surface area (Å²) < 4.78 is 0. The zero-order valence-corrected chi connectivity index (χ0v) is 8.27. The van der Waals surface area contributed by atoms with E-state index in [9.17, 15) is 14.7 Å². The Kier molecular flexibility index (Phi) is 2.26. The van der Waals surface area contributed by atoms with Gasteiger partial charge in [0.05, 0.1) is 6.54 Å². The fraction of sp³-hybridized carbons (Fsp3) is 0.600. The fourth-order valence-electron chi connectivity index (χ4n) is 2.60. The number of hydrogen-bond donors (Lipinski definition) is 3. The first-order valence-corrected chi connectivity index (χ1v) is 5.01. The molecule has 0 heterocycles. The average Bonchev–Trinajstić information content (AvgIpc) is 2.77. The highest BCUT2D eigenvalue weighted by molar-refractivity contribution is 5.89. The van der Waals surface area contributed by atoms with Gasteiger partial charge in [0.2, 0.25) is 5.91 Å². The lowest BCUT2D eigenvalue weighted by atomic mass is 9.84. The highest BCUT2D eigenvalue weighted by Crippen LogP contribution is 2.46. The van der Waals surface area contributed by atoms with E-state index in [-0.39, 0.29) is 18.4 Å². The summed E-state index contributed by atoms with van der Waals surface area (Å²) in [6, 6.07) is 0.